The minimum atomic E-state index is 0.0816. The summed E-state index contributed by atoms with van der Waals surface area (Å²) in [7, 11) is 0. The van der Waals surface area contributed by atoms with E-state index >= 15 is 0 Å². The molecular weight excluding hydrogens is 168 g/mol. The molecule has 0 aromatic heterocycles. The molecular formula is C10H18O3. The van der Waals surface area contributed by atoms with Crippen molar-refractivity contribution in [3.8, 4) is 0 Å². The van der Waals surface area contributed by atoms with Gasteiger partial charge in [0.25, 0.3) is 0 Å². The second kappa shape index (κ2) is 2.94. The molecule has 0 amide bonds. The van der Waals surface area contributed by atoms with Crippen molar-refractivity contribution in [1.82, 2.24) is 0 Å². The maximum Gasteiger partial charge on any atom is 0.0700 e. The first-order valence-corrected chi connectivity index (χ1v) is 4.91. The second-order valence-electron chi connectivity index (χ2n) is 4.72. The number of hydrogen-bond acceptors (Lipinski definition) is 3. The van der Waals surface area contributed by atoms with Crippen LogP contribution in [0.25, 0.3) is 0 Å². The van der Waals surface area contributed by atoms with E-state index in [0.29, 0.717) is 19.1 Å². The molecule has 0 aromatic carbocycles. The predicted octanol–water partition coefficient (Wildman–Crippen LogP) is 0.668. The van der Waals surface area contributed by atoms with Crippen LogP contribution in [0.2, 0.25) is 0 Å². The third-order valence-corrected chi connectivity index (χ3v) is 4.01. The minimum Gasteiger partial charge on any atom is -0.396 e. The van der Waals surface area contributed by atoms with Crippen molar-refractivity contribution in [1.29, 1.82) is 0 Å². The molecule has 3 heteroatoms. The zero-order valence-corrected chi connectivity index (χ0v) is 8.38. The third kappa shape index (κ3) is 1.14. The van der Waals surface area contributed by atoms with Crippen LogP contribution in [0.4, 0.5) is 0 Å². The van der Waals surface area contributed by atoms with Crippen LogP contribution < -0.4 is 0 Å². The summed E-state index contributed by atoms with van der Waals surface area (Å²) in [5, 5.41) is 9.24. The normalized spacial score (nSPS) is 35.8. The molecule has 1 heterocycles. The molecule has 76 valence electrons. The first-order valence-electron chi connectivity index (χ1n) is 4.91. The molecule has 3 nitrogen and oxygen atoms in total. The Bertz CT molecular complexity index is 192. The molecule has 1 atom stereocenters. The number of aliphatic hydroxyl groups excluding tert-OH is 1. The lowest BCUT2D eigenvalue weighted by Crippen LogP contribution is -2.20. The topological polar surface area (TPSA) is 38.7 Å². The summed E-state index contributed by atoms with van der Waals surface area (Å²) in [6.07, 6.45) is 0. The van der Waals surface area contributed by atoms with Gasteiger partial charge in [-0.2, -0.15) is 0 Å². The molecule has 1 saturated carbocycles. The van der Waals surface area contributed by atoms with Crippen LogP contribution in [0.5, 0.6) is 0 Å². The Morgan fingerprint density at radius 1 is 1.23 bits per heavy atom. The van der Waals surface area contributed by atoms with Gasteiger partial charge in [0.15, 0.2) is 0 Å². The van der Waals surface area contributed by atoms with Gasteiger partial charge in [0, 0.05) is 12.0 Å². The van der Waals surface area contributed by atoms with Gasteiger partial charge < -0.3 is 14.6 Å². The molecule has 1 N–H and O–H groups in total. The van der Waals surface area contributed by atoms with Crippen LogP contribution >= 0.6 is 0 Å². The van der Waals surface area contributed by atoms with Gasteiger partial charge >= 0.3 is 0 Å². The molecule has 1 aliphatic heterocycles. The monoisotopic (exact) mass is 186 g/mol. The van der Waals surface area contributed by atoms with Crippen molar-refractivity contribution in [3.63, 3.8) is 0 Å². The molecule has 13 heavy (non-hydrogen) atoms. The van der Waals surface area contributed by atoms with E-state index in [9.17, 15) is 5.11 Å². The van der Waals surface area contributed by atoms with Crippen LogP contribution in [0.1, 0.15) is 13.8 Å². The average molecular weight is 186 g/mol. The molecule has 1 unspecified atom stereocenters. The lowest BCUT2D eigenvalue weighted by Gasteiger charge is -2.16. The van der Waals surface area contributed by atoms with Gasteiger partial charge in [-0.25, -0.2) is 0 Å². The van der Waals surface area contributed by atoms with E-state index in [1.165, 1.54) is 0 Å². The van der Waals surface area contributed by atoms with Gasteiger partial charge in [-0.1, -0.05) is 13.8 Å². The van der Waals surface area contributed by atoms with E-state index < -0.39 is 0 Å². The smallest absolute Gasteiger partial charge is 0.0700 e. The standard InChI is InChI=1S/C10H18O3/c1-9(2)8(5-11)10(9)6-12-3-4-13-7-10/h8,11H,3-7H2,1-2H3. The van der Waals surface area contributed by atoms with E-state index in [4.69, 9.17) is 9.47 Å². The molecule has 0 radical (unpaired) electrons. The Kier molecular flexibility index (Phi) is 2.13. The summed E-state index contributed by atoms with van der Waals surface area (Å²) in [5.41, 5.74) is 0.254. The fraction of sp³-hybridized carbons (Fsp3) is 1.00. The molecule has 1 saturated heterocycles. The largest absolute Gasteiger partial charge is 0.396 e. The van der Waals surface area contributed by atoms with Gasteiger partial charge in [-0.15, -0.1) is 0 Å². The highest BCUT2D eigenvalue weighted by molar-refractivity contribution is 5.17. The Morgan fingerprint density at radius 2 is 1.77 bits per heavy atom. The summed E-state index contributed by atoms with van der Waals surface area (Å²) in [6.45, 7) is 7.49. The summed E-state index contributed by atoms with van der Waals surface area (Å²) in [6, 6.07) is 0. The molecule has 2 fully saturated rings. The molecule has 1 spiro atoms. The number of rotatable bonds is 1. The Hall–Kier alpha value is -0.120. The second-order valence-corrected chi connectivity index (χ2v) is 4.72. The Balaban J connectivity index is 2.12. The van der Waals surface area contributed by atoms with Crippen molar-refractivity contribution in [2.45, 2.75) is 13.8 Å². The fourth-order valence-corrected chi connectivity index (χ4v) is 2.71. The zero-order chi connectivity index (χ0) is 9.53. The van der Waals surface area contributed by atoms with Gasteiger partial charge in [-0.3, -0.25) is 0 Å². The fourth-order valence-electron chi connectivity index (χ4n) is 2.71. The first-order chi connectivity index (χ1) is 6.15. The van der Waals surface area contributed by atoms with E-state index in [2.05, 4.69) is 13.8 Å². The van der Waals surface area contributed by atoms with Gasteiger partial charge in [0.05, 0.1) is 26.4 Å². The van der Waals surface area contributed by atoms with E-state index in [1.54, 1.807) is 0 Å². The highest BCUT2D eigenvalue weighted by atomic mass is 16.5. The Labute approximate surface area is 79.0 Å². The lowest BCUT2D eigenvalue weighted by molar-refractivity contribution is 0.0892. The predicted molar refractivity (Wildman–Crippen MR) is 48.4 cm³/mol. The minimum absolute atomic E-state index is 0.0816. The van der Waals surface area contributed by atoms with E-state index in [0.717, 1.165) is 13.2 Å². The summed E-state index contributed by atoms with van der Waals surface area (Å²) in [4.78, 5) is 0. The van der Waals surface area contributed by atoms with Crippen molar-refractivity contribution < 1.29 is 14.6 Å². The van der Waals surface area contributed by atoms with Crippen molar-refractivity contribution in [2.24, 2.45) is 16.7 Å². The highest BCUT2D eigenvalue weighted by Gasteiger charge is 2.70. The highest BCUT2D eigenvalue weighted by Crippen LogP contribution is 2.68. The summed E-state index contributed by atoms with van der Waals surface area (Å²) < 4.78 is 11.0. The van der Waals surface area contributed by atoms with Gasteiger partial charge in [-0.05, 0) is 11.3 Å². The van der Waals surface area contributed by atoms with Crippen molar-refractivity contribution in [3.05, 3.63) is 0 Å². The quantitative estimate of drug-likeness (QED) is 0.654. The molecule has 2 rings (SSSR count). The average Bonchev–Trinajstić information content (AvgIpc) is 2.66. The van der Waals surface area contributed by atoms with Crippen molar-refractivity contribution >= 4 is 0 Å². The number of ether oxygens (including phenoxy) is 2. The lowest BCUT2D eigenvalue weighted by atomic mass is 9.98. The van der Waals surface area contributed by atoms with Crippen LogP contribution in [0, 0.1) is 16.7 Å². The number of hydrogen-bond donors (Lipinski definition) is 1. The zero-order valence-electron chi connectivity index (χ0n) is 8.38. The molecule has 1 aliphatic carbocycles. The maximum absolute atomic E-state index is 9.24. The van der Waals surface area contributed by atoms with Gasteiger partial charge in [0.2, 0.25) is 0 Å². The Morgan fingerprint density at radius 3 is 2.15 bits per heavy atom. The summed E-state index contributed by atoms with van der Waals surface area (Å²) >= 11 is 0. The number of aliphatic hydroxyl groups is 1. The molecule has 0 aromatic rings. The SMILES string of the molecule is CC1(C)C(CO)C12COCCOC2. The van der Waals surface area contributed by atoms with Crippen LogP contribution in [-0.2, 0) is 9.47 Å². The summed E-state index contributed by atoms with van der Waals surface area (Å²) in [5.74, 6) is 0.345. The van der Waals surface area contributed by atoms with Crippen LogP contribution in [0.15, 0.2) is 0 Å². The molecule has 2 aliphatic rings. The van der Waals surface area contributed by atoms with Gasteiger partial charge in [0.1, 0.15) is 0 Å². The van der Waals surface area contributed by atoms with E-state index in [-0.39, 0.29) is 17.4 Å². The molecule has 0 bridgehead atoms. The third-order valence-electron chi connectivity index (χ3n) is 4.01. The van der Waals surface area contributed by atoms with Crippen LogP contribution in [0.3, 0.4) is 0 Å². The van der Waals surface area contributed by atoms with Crippen LogP contribution in [-0.4, -0.2) is 38.1 Å². The maximum atomic E-state index is 9.24. The first kappa shape index (κ1) is 9.44. The van der Waals surface area contributed by atoms with Crippen molar-refractivity contribution in [2.75, 3.05) is 33.0 Å². The van der Waals surface area contributed by atoms with E-state index in [1.807, 2.05) is 0 Å².